The molecule has 1 unspecified atom stereocenters. The molecule has 1 fully saturated rings. The molecule has 154 valence electrons. The predicted octanol–water partition coefficient (Wildman–Crippen LogP) is 4.37. The molecule has 0 aromatic heterocycles. The van der Waals surface area contributed by atoms with Crippen LogP contribution in [-0.2, 0) is 4.79 Å². The van der Waals surface area contributed by atoms with Crippen LogP contribution < -0.4 is 9.64 Å². The maximum atomic E-state index is 13.2. The van der Waals surface area contributed by atoms with E-state index in [0.717, 1.165) is 0 Å². The zero-order valence-electron chi connectivity index (χ0n) is 15.9. The molecule has 3 rings (SSSR count). The lowest BCUT2D eigenvalue weighted by Gasteiger charge is -2.30. The van der Waals surface area contributed by atoms with Gasteiger partial charge in [0.15, 0.2) is 0 Å². The number of anilines is 1. The fraction of sp³-hybridized carbons (Fsp3) is 0.300. The third kappa shape index (κ3) is 4.65. The molecule has 1 heterocycles. The van der Waals surface area contributed by atoms with E-state index in [-0.39, 0.29) is 23.8 Å². The summed E-state index contributed by atoms with van der Waals surface area (Å²) in [6, 6.07) is 5.47. The first kappa shape index (κ1) is 21.0. The largest absolute Gasteiger partial charge is 0.478 e. The van der Waals surface area contributed by atoms with Crippen molar-refractivity contribution in [2.75, 3.05) is 11.4 Å². The monoisotopic (exact) mass is 422 g/mol. The summed E-state index contributed by atoms with van der Waals surface area (Å²) in [5, 5.41) is 9.35. The standard InChI is InChI=1S/C20H21F2N2O4P/c1-19(2)12-23(14-7-9-16(10-8-14)28-20(21,22)29)18(27)24(19)15-6-4-3-5-13(11-15)17(25)26/h3-4,6-11H,5,12,29H2,1-2H3,(H,25,26). The van der Waals surface area contributed by atoms with Gasteiger partial charge in [0.05, 0.1) is 12.1 Å². The molecule has 1 atom stereocenters. The summed E-state index contributed by atoms with van der Waals surface area (Å²) in [5.74, 6) is -4.44. The SMILES string of the molecule is CC1(C)CN(c2ccc(OC(F)(F)P)cc2)C(=O)N1C1=CC=CCC(C(=O)O)=C1. The molecule has 0 saturated carbocycles. The van der Waals surface area contributed by atoms with Crippen molar-refractivity contribution in [3.63, 3.8) is 0 Å². The van der Waals surface area contributed by atoms with Crippen LogP contribution in [0.15, 0.2) is 59.8 Å². The molecular weight excluding hydrogens is 401 g/mol. The van der Waals surface area contributed by atoms with E-state index >= 15 is 0 Å². The summed E-state index contributed by atoms with van der Waals surface area (Å²) >= 11 is 0. The van der Waals surface area contributed by atoms with Gasteiger partial charge in [0.1, 0.15) is 5.75 Å². The van der Waals surface area contributed by atoms with Crippen LogP contribution in [0.25, 0.3) is 0 Å². The highest BCUT2D eigenvalue weighted by Crippen LogP contribution is 2.36. The van der Waals surface area contributed by atoms with Crippen LogP contribution >= 0.6 is 9.24 Å². The number of rotatable bonds is 5. The lowest BCUT2D eigenvalue weighted by molar-refractivity contribution is -0.132. The van der Waals surface area contributed by atoms with Crippen molar-refractivity contribution >= 4 is 26.9 Å². The van der Waals surface area contributed by atoms with E-state index < -0.39 is 17.4 Å². The number of halogens is 2. The third-order valence-electron chi connectivity index (χ3n) is 4.57. The number of alkyl halides is 2. The molecule has 2 aliphatic rings. The Balaban J connectivity index is 1.89. The Morgan fingerprint density at radius 1 is 1.28 bits per heavy atom. The van der Waals surface area contributed by atoms with Gasteiger partial charge in [-0.15, -0.1) is 0 Å². The summed E-state index contributed by atoms with van der Waals surface area (Å²) in [6.07, 6.45) is 6.92. The van der Waals surface area contributed by atoms with E-state index in [4.69, 9.17) is 0 Å². The maximum absolute atomic E-state index is 13.2. The number of carboxylic acids is 1. The Labute approximate surface area is 169 Å². The van der Waals surface area contributed by atoms with E-state index in [1.165, 1.54) is 44.5 Å². The number of urea groups is 1. The molecule has 2 amide bonds. The van der Waals surface area contributed by atoms with Gasteiger partial charge < -0.3 is 9.84 Å². The number of carboxylic acid groups (broad SMARTS) is 1. The average Bonchev–Trinajstić information content (AvgIpc) is 2.77. The Morgan fingerprint density at radius 2 is 1.93 bits per heavy atom. The van der Waals surface area contributed by atoms with E-state index in [2.05, 4.69) is 4.74 Å². The molecule has 1 aromatic carbocycles. The van der Waals surface area contributed by atoms with Crippen LogP contribution in [0.4, 0.5) is 19.3 Å². The van der Waals surface area contributed by atoms with Gasteiger partial charge in [-0.05, 0) is 65.9 Å². The molecule has 6 nitrogen and oxygen atoms in total. The Kier molecular flexibility index (Phi) is 5.50. The lowest BCUT2D eigenvalue weighted by atomic mass is 10.0. The number of nitrogens with zero attached hydrogens (tertiary/aromatic N) is 2. The first-order valence-electron chi connectivity index (χ1n) is 8.86. The fourth-order valence-electron chi connectivity index (χ4n) is 3.35. The topological polar surface area (TPSA) is 70.1 Å². The number of allylic oxidation sites excluding steroid dienone is 4. The number of amides is 2. The highest BCUT2D eigenvalue weighted by molar-refractivity contribution is 7.17. The Hall–Kier alpha value is -2.73. The minimum atomic E-state index is -3.38. The van der Waals surface area contributed by atoms with Crippen molar-refractivity contribution in [1.29, 1.82) is 0 Å². The van der Waals surface area contributed by atoms with Gasteiger partial charge in [0, 0.05) is 17.0 Å². The lowest BCUT2D eigenvalue weighted by Crippen LogP contribution is -2.40. The first-order valence-corrected chi connectivity index (χ1v) is 9.44. The van der Waals surface area contributed by atoms with Crippen molar-refractivity contribution < 1.29 is 28.2 Å². The summed E-state index contributed by atoms with van der Waals surface area (Å²) in [5.41, 5.74) is 0.573. The number of carbonyl (C=O) groups is 2. The summed E-state index contributed by atoms with van der Waals surface area (Å²) in [6.45, 7) is 4.09. The van der Waals surface area contributed by atoms with E-state index in [1.807, 2.05) is 13.8 Å². The number of hydrogen-bond donors (Lipinski definition) is 1. The van der Waals surface area contributed by atoms with Gasteiger partial charge in [-0.2, -0.15) is 8.78 Å². The van der Waals surface area contributed by atoms with Crippen molar-refractivity contribution in [3.8, 4) is 5.75 Å². The zero-order valence-corrected chi connectivity index (χ0v) is 17.1. The second kappa shape index (κ2) is 7.59. The van der Waals surface area contributed by atoms with Crippen molar-refractivity contribution in [2.45, 2.75) is 31.7 Å². The van der Waals surface area contributed by atoms with Gasteiger partial charge in [-0.1, -0.05) is 12.2 Å². The molecule has 0 spiro atoms. The first-order chi connectivity index (χ1) is 13.5. The van der Waals surface area contributed by atoms with E-state index in [0.29, 0.717) is 17.9 Å². The van der Waals surface area contributed by atoms with Gasteiger partial charge in [-0.3, -0.25) is 9.80 Å². The minimum Gasteiger partial charge on any atom is -0.478 e. The number of benzene rings is 1. The van der Waals surface area contributed by atoms with Crippen LogP contribution in [0.2, 0.25) is 0 Å². The molecule has 0 radical (unpaired) electrons. The summed E-state index contributed by atoms with van der Waals surface area (Å²) in [7, 11) is 1.30. The second-order valence-electron chi connectivity index (χ2n) is 7.37. The van der Waals surface area contributed by atoms with Crippen molar-refractivity contribution in [3.05, 3.63) is 59.8 Å². The number of carbonyl (C=O) groups excluding carboxylic acids is 1. The summed E-state index contributed by atoms with van der Waals surface area (Å²) in [4.78, 5) is 27.7. The van der Waals surface area contributed by atoms with Crippen LogP contribution in [0.1, 0.15) is 20.3 Å². The van der Waals surface area contributed by atoms with Crippen molar-refractivity contribution in [2.24, 2.45) is 0 Å². The van der Waals surface area contributed by atoms with E-state index in [9.17, 15) is 23.5 Å². The van der Waals surface area contributed by atoms with Crippen LogP contribution in [0.5, 0.6) is 5.75 Å². The van der Waals surface area contributed by atoms with Crippen LogP contribution in [-0.4, -0.2) is 39.9 Å². The Morgan fingerprint density at radius 3 is 2.52 bits per heavy atom. The van der Waals surface area contributed by atoms with Gasteiger partial charge >= 0.3 is 17.9 Å². The molecule has 1 aromatic rings. The summed E-state index contributed by atoms with van der Waals surface area (Å²) < 4.78 is 30.4. The molecule has 0 bridgehead atoms. The fourth-order valence-corrected chi connectivity index (χ4v) is 3.49. The van der Waals surface area contributed by atoms with Crippen molar-refractivity contribution in [1.82, 2.24) is 4.90 Å². The van der Waals surface area contributed by atoms with Gasteiger partial charge in [-0.25, -0.2) is 9.59 Å². The molecule has 1 N–H and O–H groups in total. The molecular formula is C20H21F2N2O4P. The number of hydrogen-bond acceptors (Lipinski definition) is 3. The van der Waals surface area contributed by atoms with Gasteiger partial charge in [0.2, 0.25) is 0 Å². The molecule has 29 heavy (non-hydrogen) atoms. The van der Waals surface area contributed by atoms with E-state index in [1.54, 1.807) is 23.1 Å². The quantitative estimate of drug-likeness (QED) is 0.716. The zero-order chi connectivity index (χ0) is 21.4. The minimum absolute atomic E-state index is 0.0258. The van der Waals surface area contributed by atoms with Gasteiger partial charge in [0.25, 0.3) is 0 Å². The molecule has 1 aliphatic carbocycles. The Bertz CT molecular complexity index is 917. The maximum Gasteiger partial charge on any atom is 0.408 e. The smallest absolute Gasteiger partial charge is 0.408 e. The average molecular weight is 422 g/mol. The van der Waals surface area contributed by atoms with Crippen LogP contribution in [0.3, 0.4) is 0 Å². The third-order valence-corrected chi connectivity index (χ3v) is 4.69. The highest BCUT2D eigenvalue weighted by Gasteiger charge is 2.45. The predicted molar refractivity (Wildman–Crippen MR) is 108 cm³/mol. The molecule has 9 heteroatoms. The molecule has 1 saturated heterocycles. The highest BCUT2D eigenvalue weighted by atomic mass is 31.0. The van der Waals surface area contributed by atoms with Crippen LogP contribution in [0, 0.1) is 0 Å². The molecule has 1 aliphatic heterocycles. The number of aliphatic carboxylic acids is 1. The second-order valence-corrected chi connectivity index (χ2v) is 8.05. The normalized spacial score (nSPS) is 19.0. The number of ether oxygens (including phenoxy) is 1.